The van der Waals surface area contributed by atoms with Gasteiger partial charge in [0.15, 0.2) is 0 Å². The van der Waals surface area contributed by atoms with Gasteiger partial charge in [0.25, 0.3) is 0 Å². The summed E-state index contributed by atoms with van der Waals surface area (Å²) in [6, 6.07) is 0.441. The van der Waals surface area contributed by atoms with Crippen LogP contribution in [0.4, 0.5) is 0 Å². The Kier molecular flexibility index (Phi) is 4.35. The van der Waals surface area contributed by atoms with Crippen molar-refractivity contribution < 1.29 is 9.90 Å². The van der Waals surface area contributed by atoms with E-state index in [1.807, 2.05) is 4.90 Å². The van der Waals surface area contributed by atoms with Gasteiger partial charge >= 0.3 is 0 Å². The summed E-state index contributed by atoms with van der Waals surface area (Å²) in [5.74, 6) is 0.160. The molecule has 1 fully saturated rings. The Morgan fingerprint density at radius 1 is 1.64 bits per heavy atom. The van der Waals surface area contributed by atoms with Crippen LogP contribution in [-0.2, 0) is 4.79 Å². The normalized spacial score (nSPS) is 22.0. The van der Waals surface area contributed by atoms with Gasteiger partial charge in [-0.25, -0.2) is 0 Å². The second-order valence-electron chi connectivity index (χ2n) is 3.76. The van der Waals surface area contributed by atoms with Gasteiger partial charge < -0.3 is 10.0 Å². The summed E-state index contributed by atoms with van der Waals surface area (Å²) in [6.45, 7) is 7.25. The molecule has 1 saturated heterocycles. The van der Waals surface area contributed by atoms with Gasteiger partial charge in [-0.1, -0.05) is 6.92 Å². The molecule has 1 N–H and O–H groups in total. The van der Waals surface area contributed by atoms with Crippen molar-refractivity contribution in [2.24, 2.45) is 0 Å². The highest BCUT2D eigenvalue weighted by Gasteiger charge is 2.27. The quantitative estimate of drug-likeness (QED) is 0.690. The average Bonchev–Trinajstić information content (AvgIpc) is 2.63. The highest BCUT2D eigenvalue weighted by Crippen LogP contribution is 2.15. The van der Waals surface area contributed by atoms with Crippen LogP contribution in [0.5, 0.6) is 0 Å². The largest absolute Gasteiger partial charge is 0.395 e. The lowest BCUT2D eigenvalue weighted by molar-refractivity contribution is -0.127. The van der Waals surface area contributed by atoms with Crippen molar-refractivity contribution in [3.8, 4) is 0 Å². The number of carbonyl (C=O) groups is 1. The molecule has 1 rings (SSSR count). The van der Waals surface area contributed by atoms with Crippen LogP contribution in [0.15, 0.2) is 0 Å². The first kappa shape index (κ1) is 11.5. The Morgan fingerprint density at radius 2 is 2.36 bits per heavy atom. The molecule has 0 radical (unpaired) electrons. The highest BCUT2D eigenvalue weighted by molar-refractivity contribution is 5.73. The molecule has 1 amide bonds. The van der Waals surface area contributed by atoms with E-state index in [1.54, 1.807) is 6.92 Å². The smallest absolute Gasteiger partial charge is 0.219 e. The van der Waals surface area contributed by atoms with Crippen molar-refractivity contribution in [1.82, 2.24) is 9.80 Å². The average molecular weight is 200 g/mol. The number of aliphatic hydroxyl groups excluding tert-OH is 1. The van der Waals surface area contributed by atoms with Gasteiger partial charge in [-0.3, -0.25) is 9.69 Å². The molecule has 0 aromatic heterocycles. The van der Waals surface area contributed by atoms with E-state index in [4.69, 9.17) is 5.11 Å². The van der Waals surface area contributed by atoms with E-state index in [9.17, 15) is 4.79 Å². The first-order valence-corrected chi connectivity index (χ1v) is 5.29. The van der Waals surface area contributed by atoms with Crippen LogP contribution in [0.25, 0.3) is 0 Å². The van der Waals surface area contributed by atoms with Crippen LogP contribution in [0.2, 0.25) is 0 Å². The van der Waals surface area contributed by atoms with E-state index in [0.717, 1.165) is 26.1 Å². The van der Waals surface area contributed by atoms with E-state index in [-0.39, 0.29) is 12.5 Å². The van der Waals surface area contributed by atoms with Crippen LogP contribution >= 0.6 is 0 Å². The lowest BCUT2D eigenvalue weighted by atomic mass is 10.2. The minimum Gasteiger partial charge on any atom is -0.395 e. The number of likely N-dealkylation sites (N-methyl/N-ethyl adjacent to an activating group) is 1. The van der Waals surface area contributed by atoms with Gasteiger partial charge in [0.1, 0.15) is 0 Å². The van der Waals surface area contributed by atoms with Crippen molar-refractivity contribution >= 4 is 5.91 Å². The predicted molar refractivity (Wildman–Crippen MR) is 55.0 cm³/mol. The van der Waals surface area contributed by atoms with Crippen molar-refractivity contribution in [2.75, 3.05) is 32.8 Å². The number of carbonyl (C=O) groups excluding carboxylic acids is 1. The van der Waals surface area contributed by atoms with Gasteiger partial charge in [-0.15, -0.1) is 0 Å². The van der Waals surface area contributed by atoms with Crippen LogP contribution in [-0.4, -0.2) is 59.6 Å². The van der Waals surface area contributed by atoms with Crippen LogP contribution in [0, 0.1) is 0 Å². The molecule has 1 heterocycles. The fraction of sp³-hybridized carbons (Fsp3) is 0.900. The standard InChI is InChI=1S/C10H20N2O2/c1-3-11(6-7-13)10-4-5-12(8-10)9(2)14/h10,13H,3-8H2,1-2H3. The summed E-state index contributed by atoms with van der Waals surface area (Å²) in [6.07, 6.45) is 1.04. The lowest BCUT2D eigenvalue weighted by Gasteiger charge is -2.26. The third-order valence-electron chi connectivity index (χ3n) is 2.92. The topological polar surface area (TPSA) is 43.8 Å². The number of likely N-dealkylation sites (tertiary alicyclic amines) is 1. The van der Waals surface area contributed by atoms with Gasteiger partial charge in [0.2, 0.25) is 5.91 Å². The summed E-state index contributed by atoms with van der Waals surface area (Å²) >= 11 is 0. The molecular formula is C10H20N2O2. The first-order chi connectivity index (χ1) is 6.69. The summed E-state index contributed by atoms with van der Waals surface area (Å²) in [7, 11) is 0. The summed E-state index contributed by atoms with van der Waals surface area (Å²) < 4.78 is 0. The van der Waals surface area contributed by atoms with Crippen molar-refractivity contribution in [3.63, 3.8) is 0 Å². The SMILES string of the molecule is CCN(CCO)C1CCN(C(C)=O)C1. The molecule has 0 saturated carbocycles. The number of nitrogens with zero attached hydrogens (tertiary/aromatic N) is 2. The molecule has 1 atom stereocenters. The summed E-state index contributed by atoms with van der Waals surface area (Å²) in [5, 5.41) is 8.88. The second-order valence-corrected chi connectivity index (χ2v) is 3.76. The molecular weight excluding hydrogens is 180 g/mol. The Hall–Kier alpha value is -0.610. The van der Waals surface area contributed by atoms with Crippen LogP contribution in [0.3, 0.4) is 0 Å². The number of hydrogen-bond acceptors (Lipinski definition) is 3. The third-order valence-corrected chi connectivity index (χ3v) is 2.92. The number of rotatable bonds is 4. The molecule has 1 aliphatic heterocycles. The molecule has 1 unspecified atom stereocenters. The van der Waals surface area contributed by atoms with Gasteiger partial charge in [-0.05, 0) is 13.0 Å². The van der Waals surface area contributed by atoms with Gasteiger partial charge in [0, 0.05) is 32.6 Å². The summed E-state index contributed by atoms with van der Waals surface area (Å²) in [5.41, 5.74) is 0. The van der Waals surface area contributed by atoms with E-state index in [1.165, 1.54) is 0 Å². The van der Waals surface area contributed by atoms with Crippen LogP contribution < -0.4 is 0 Å². The molecule has 1 aliphatic rings. The van der Waals surface area contributed by atoms with Gasteiger partial charge in [0.05, 0.1) is 6.61 Å². The van der Waals surface area contributed by atoms with E-state index in [0.29, 0.717) is 12.6 Å². The van der Waals surface area contributed by atoms with E-state index < -0.39 is 0 Å². The van der Waals surface area contributed by atoms with Crippen molar-refractivity contribution in [1.29, 1.82) is 0 Å². The molecule has 0 aromatic rings. The minimum atomic E-state index is 0.160. The van der Waals surface area contributed by atoms with Gasteiger partial charge in [-0.2, -0.15) is 0 Å². The second kappa shape index (κ2) is 5.32. The Balaban J connectivity index is 2.42. The molecule has 0 aliphatic carbocycles. The van der Waals surface area contributed by atoms with E-state index >= 15 is 0 Å². The number of hydrogen-bond donors (Lipinski definition) is 1. The number of aliphatic hydroxyl groups is 1. The lowest BCUT2D eigenvalue weighted by Crippen LogP contribution is -2.39. The maximum absolute atomic E-state index is 11.1. The summed E-state index contributed by atoms with van der Waals surface area (Å²) in [4.78, 5) is 15.2. The zero-order chi connectivity index (χ0) is 10.6. The monoisotopic (exact) mass is 200 g/mol. The maximum Gasteiger partial charge on any atom is 0.219 e. The number of amides is 1. The molecule has 14 heavy (non-hydrogen) atoms. The Morgan fingerprint density at radius 3 is 2.79 bits per heavy atom. The molecule has 4 heteroatoms. The Bertz CT molecular complexity index is 197. The fourth-order valence-corrected chi connectivity index (χ4v) is 2.05. The van der Waals surface area contributed by atoms with Crippen molar-refractivity contribution in [2.45, 2.75) is 26.3 Å². The molecule has 0 bridgehead atoms. The first-order valence-electron chi connectivity index (χ1n) is 5.29. The molecule has 0 aromatic carbocycles. The minimum absolute atomic E-state index is 0.160. The van der Waals surface area contributed by atoms with E-state index in [2.05, 4.69) is 11.8 Å². The predicted octanol–water partition coefficient (Wildman–Crippen LogP) is -0.0786. The molecule has 4 nitrogen and oxygen atoms in total. The van der Waals surface area contributed by atoms with Crippen molar-refractivity contribution in [3.05, 3.63) is 0 Å². The third kappa shape index (κ3) is 2.69. The maximum atomic E-state index is 11.1. The zero-order valence-electron chi connectivity index (χ0n) is 9.07. The zero-order valence-corrected chi connectivity index (χ0v) is 9.07. The van der Waals surface area contributed by atoms with Crippen LogP contribution in [0.1, 0.15) is 20.3 Å². The highest BCUT2D eigenvalue weighted by atomic mass is 16.3. The molecule has 0 spiro atoms. The fourth-order valence-electron chi connectivity index (χ4n) is 2.05. The molecule has 82 valence electrons. The Labute approximate surface area is 85.5 Å².